The van der Waals surface area contributed by atoms with E-state index in [1.807, 2.05) is 0 Å². The Balaban J connectivity index is 2.43. The smallest absolute Gasteiger partial charge is 0.220 e. The van der Waals surface area contributed by atoms with Crippen LogP contribution in [0.3, 0.4) is 0 Å². The van der Waals surface area contributed by atoms with E-state index in [1.165, 1.54) is 0 Å². The van der Waals surface area contributed by atoms with Crippen LogP contribution in [0.25, 0.3) is 0 Å². The summed E-state index contributed by atoms with van der Waals surface area (Å²) in [4.78, 5) is 0. The summed E-state index contributed by atoms with van der Waals surface area (Å²) < 4.78 is 38.3. The first-order chi connectivity index (χ1) is 6.49. The summed E-state index contributed by atoms with van der Waals surface area (Å²) in [7, 11) is 0. The molecule has 1 nitrogen and oxygen atoms in total. The van der Waals surface area contributed by atoms with Crippen LogP contribution in [0.2, 0.25) is 5.02 Å². The minimum atomic E-state index is -4.61. The van der Waals surface area contributed by atoms with Crippen molar-refractivity contribution in [2.45, 2.75) is 12.1 Å². The van der Waals surface area contributed by atoms with Gasteiger partial charge in [-0.15, -0.1) is 13.2 Å². The summed E-state index contributed by atoms with van der Waals surface area (Å²) in [5.41, 5.74) is 0.614. The highest BCUT2D eigenvalue weighted by Gasteiger charge is 2.29. The molecule has 0 aliphatic carbocycles. The van der Waals surface area contributed by atoms with Crippen molar-refractivity contribution in [2.75, 3.05) is 0 Å². The lowest BCUT2D eigenvalue weighted by Gasteiger charge is -2.06. The van der Waals surface area contributed by atoms with Crippen molar-refractivity contribution in [2.24, 2.45) is 0 Å². The van der Waals surface area contributed by atoms with Gasteiger partial charge in [0, 0.05) is 22.8 Å². The Morgan fingerprint density at radius 1 is 1.29 bits per heavy atom. The molecule has 1 aromatic rings. The highest BCUT2D eigenvalue weighted by atomic mass is 35.5. The second kappa shape index (κ2) is 4.91. The molecule has 0 saturated heterocycles. The zero-order valence-electron chi connectivity index (χ0n) is 6.84. The first-order valence-corrected chi connectivity index (χ1v) is 4.88. The van der Waals surface area contributed by atoms with Crippen molar-refractivity contribution < 1.29 is 17.4 Å². The maximum atomic E-state index is 11.6. The van der Waals surface area contributed by atoms with E-state index >= 15 is 0 Å². The normalized spacial score (nSPS) is 11.7. The molecule has 0 amide bonds. The van der Waals surface area contributed by atoms with Crippen molar-refractivity contribution in [3.63, 3.8) is 0 Å². The summed E-state index contributed by atoms with van der Waals surface area (Å²) in [6.45, 7) is 0. The van der Waals surface area contributed by atoms with E-state index < -0.39 is 6.36 Å². The predicted molar refractivity (Wildman–Crippen MR) is 49.9 cm³/mol. The molecule has 1 rings (SSSR count). The van der Waals surface area contributed by atoms with Crippen LogP contribution < -0.4 is 0 Å². The monoisotopic (exact) mass is 242 g/mol. The molecule has 0 fully saturated rings. The van der Waals surface area contributed by atoms with Crippen molar-refractivity contribution in [3.8, 4) is 0 Å². The molecule has 0 saturated carbocycles. The fourth-order valence-corrected chi connectivity index (χ4v) is 1.63. The molecule has 0 radical (unpaired) electrons. The number of benzene rings is 1. The van der Waals surface area contributed by atoms with Gasteiger partial charge in [-0.3, -0.25) is 0 Å². The number of hydrogen-bond acceptors (Lipinski definition) is 2. The number of rotatable bonds is 3. The average Bonchev–Trinajstić information content (AvgIpc) is 2.06. The minimum absolute atomic E-state index is 0.0686. The van der Waals surface area contributed by atoms with E-state index in [0.717, 1.165) is 0 Å². The Kier molecular flexibility index (Phi) is 4.10. The lowest BCUT2D eigenvalue weighted by Crippen LogP contribution is -2.07. The molecular formula is C8H6ClF3OS. The number of alkyl halides is 3. The van der Waals surface area contributed by atoms with Gasteiger partial charge < -0.3 is 0 Å². The molecule has 0 bridgehead atoms. The van der Waals surface area contributed by atoms with Gasteiger partial charge in [-0.05, 0) is 11.6 Å². The molecule has 1 aromatic carbocycles. The fourth-order valence-electron chi connectivity index (χ4n) is 0.775. The summed E-state index contributed by atoms with van der Waals surface area (Å²) in [5.74, 6) is 0.0686. The van der Waals surface area contributed by atoms with Crippen LogP contribution in [0.15, 0.2) is 24.3 Å². The highest BCUT2D eigenvalue weighted by molar-refractivity contribution is 7.93. The Hall–Kier alpha value is -0.390. The third-order valence-corrected chi connectivity index (χ3v) is 2.43. The predicted octanol–water partition coefficient (Wildman–Crippen LogP) is 4.02. The summed E-state index contributed by atoms with van der Waals surface area (Å²) in [5, 5.41) is 0.436. The SMILES string of the molecule is FC(F)(F)OSCc1ccccc1Cl. The van der Waals surface area contributed by atoms with Crippen molar-refractivity contribution in [1.82, 2.24) is 0 Å². The van der Waals surface area contributed by atoms with Crippen LogP contribution in [0.1, 0.15) is 5.56 Å². The minimum Gasteiger partial charge on any atom is -0.220 e. The molecule has 0 N–H and O–H groups in total. The molecule has 0 aromatic heterocycles. The van der Waals surface area contributed by atoms with Crippen LogP contribution in [0.4, 0.5) is 13.2 Å². The van der Waals surface area contributed by atoms with Gasteiger partial charge in [-0.2, -0.15) is 0 Å². The number of hydrogen-bond donors (Lipinski definition) is 0. The molecule has 0 aliphatic heterocycles. The maximum absolute atomic E-state index is 11.6. The fraction of sp³-hybridized carbons (Fsp3) is 0.250. The first kappa shape index (κ1) is 11.7. The van der Waals surface area contributed by atoms with E-state index in [4.69, 9.17) is 11.6 Å². The van der Waals surface area contributed by atoms with E-state index in [9.17, 15) is 13.2 Å². The molecule has 0 heterocycles. The zero-order valence-corrected chi connectivity index (χ0v) is 8.42. The Morgan fingerprint density at radius 3 is 2.50 bits per heavy atom. The Labute approximate surface area is 88.4 Å². The van der Waals surface area contributed by atoms with Crippen molar-refractivity contribution in [1.29, 1.82) is 0 Å². The molecular weight excluding hydrogens is 237 g/mol. The molecule has 6 heteroatoms. The van der Waals surface area contributed by atoms with Gasteiger partial charge in [-0.25, -0.2) is 4.18 Å². The molecule has 0 spiro atoms. The molecule has 0 aliphatic rings. The molecule has 0 unspecified atom stereocenters. The Morgan fingerprint density at radius 2 is 1.93 bits per heavy atom. The summed E-state index contributed by atoms with van der Waals surface area (Å²) >= 11 is 6.04. The largest absolute Gasteiger partial charge is 0.533 e. The quantitative estimate of drug-likeness (QED) is 0.741. The zero-order chi connectivity index (χ0) is 10.6. The second-order valence-corrected chi connectivity index (χ2v) is 3.48. The van der Waals surface area contributed by atoms with Crippen molar-refractivity contribution in [3.05, 3.63) is 34.9 Å². The van der Waals surface area contributed by atoms with Crippen LogP contribution in [-0.2, 0) is 9.94 Å². The summed E-state index contributed by atoms with van der Waals surface area (Å²) in [6, 6.07) is 6.68. The molecule has 78 valence electrons. The third kappa shape index (κ3) is 4.21. The van der Waals surface area contributed by atoms with Gasteiger partial charge in [0.15, 0.2) is 0 Å². The van der Waals surface area contributed by atoms with E-state index in [2.05, 4.69) is 4.18 Å². The third-order valence-electron chi connectivity index (χ3n) is 1.33. The molecule has 14 heavy (non-hydrogen) atoms. The Bertz CT molecular complexity index is 303. The van der Waals surface area contributed by atoms with E-state index in [0.29, 0.717) is 22.6 Å². The van der Waals surface area contributed by atoms with Gasteiger partial charge in [0.05, 0.1) is 0 Å². The van der Waals surface area contributed by atoms with Gasteiger partial charge in [0.2, 0.25) is 0 Å². The lowest BCUT2D eigenvalue weighted by molar-refractivity contribution is -0.266. The lowest BCUT2D eigenvalue weighted by atomic mass is 10.2. The summed E-state index contributed by atoms with van der Waals surface area (Å²) in [6.07, 6.45) is -4.61. The van der Waals surface area contributed by atoms with Gasteiger partial charge >= 0.3 is 6.36 Å². The van der Waals surface area contributed by atoms with Crippen LogP contribution >= 0.6 is 23.6 Å². The van der Waals surface area contributed by atoms with Crippen LogP contribution in [-0.4, -0.2) is 6.36 Å². The van der Waals surface area contributed by atoms with Gasteiger partial charge in [0.1, 0.15) is 0 Å². The average molecular weight is 243 g/mol. The first-order valence-electron chi connectivity index (χ1n) is 3.60. The topological polar surface area (TPSA) is 9.23 Å². The van der Waals surface area contributed by atoms with Gasteiger partial charge in [-0.1, -0.05) is 29.8 Å². The molecule has 0 atom stereocenters. The highest BCUT2D eigenvalue weighted by Crippen LogP contribution is 2.27. The standard InChI is InChI=1S/C8H6ClF3OS/c9-7-4-2-1-3-6(7)5-14-13-8(10,11)12/h1-4H,5H2. The van der Waals surface area contributed by atoms with Gasteiger partial charge in [0.25, 0.3) is 0 Å². The maximum Gasteiger partial charge on any atom is 0.533 e. The van der Waals surface area contributed by atoms with E-state index in [-0.39, 0.29) is 5.75 Å². The van der Waals surface area contributed by atoms with Crippen molar-refractivity contribution >= 4 is 23.6 Å². The van der Waals surface area contributed by atoms with E-state index in [1.54, 1.807) is 24.3 Å². The number of halogens is 4. The van der Waals surface area contributed by atoms with Crippen LogP contribution in [0, 0.1) is 0 Å². The second-order valence-electron chi connectivity index (χ2n) is 2.38. The van der Waals surface area contributed by atoms with Crippen LogP contribution in [0.5, 0.6) is 0 Å².